The van der Waals surface area contributed by atoms with Crippen LogP contribution < -0.4 is 0 Å². The van der Waals surface area contributed by atoms with Gasteiger partial charge >= 0.3 is 0 Å². The van der Waals surface area contributed by atoms with Crippen molar-refractivity contribution in [2.45, 2.75) is 51.7 Å². The molecule has 0 spiro atoms. The van der Waals surface area contributed by atoms with Crippen molar-refractivity contribution >= 4 is 0 Å². The first-order valence-corrected chi connectivity index (χ1v) is 6.19. The zero-order valence-corrected chi connectivity index (χ0v) is 10.0. The predicted octanol–water partition coefficient (Wildman–Crippen LogP) is 2.39. The molecule has 1 heterocycles. The quantitative estimate of drug-likeness (QED) is 0.415. The van der Waals surface area contributed by atoms with Crippen molar-refractivity contribution in [2.24, 2.45) is 0 Å². The van der Waals surface area contributed by atoms with Gasteiger partial charge in [0.2, 0.25) is 0 Å². The van der Waals surface area contributed by atoms with Gasteiger partial charge < -0.3 is 14.2 Å². The highest BCUT2D eigenvalue weighted by Crippen LogP contribution is 2.17. The molecule has 0 saturated carbocycles. The first-order valence-electron chi connectivity index (χ1n) is 6.19. The Morgan fingerprint density at radius 1 is 1.20 bits per heavy atom. The van der Waals surface area contributed by atoms with Crippen LogP contribution in [0.3, 0.4) is 0 Å². The maximum atomic E-state index is 5.74. The number of rotatable bonds is 10. The third kappa shape index (κ3) is 6.13. The van der Waals surface area contributed by atoms with Gasteiger partial charge in [-0.1, -0.05) is 26.7 Å². The van der Waals surface area contributed by atoms with Gasteiger partial charge in [-0.3, -0.25) is 0 Å². The third-order valence-corrected chi connectivity index (χ3v) is 2.53. The highest BCUT2D eigenvalue weighted by molar-refractivity contribution is 4.79. The Morgan fingerprint density at radius 3 is 2.47 bits per heavy atom. The maximum Gasteiger partial charge on any atom is 0.109 e. The van der Waals surface area contributed by atoms with Gasteiger partial charge in [-0.05, 0) is 12.8 Å². The van der Waals surface area contributed by atoms with Crippen molar-refractivity contribution < 1.29 is 14.2 Å². The minimum Gasteiger partial charge on any atom is -0.379 e. The Bertz CT molecular complexity index is 146. The normalized spacial score (nSPS) is 21.6. The van der Waals surface area contributed by atoms with Crippen molar-refractivity contribution in [3.05, 3.63) is 0 Å². The summed E-state index contributed by atoms with van der Waals surface area (Å²) in [7, 11) is 0. The summed E-state index contributed by atoms with van der Waals surface area (Å²) < 4.78 is 16.6. The van der Waals surface area contributed by atoms with Gasteiger partial charge in [0.1, 0.15) is 12.2 Å². The van der Waals surface area contributed by atoms with Crippen molar-refractivity contribution in [1.29, 1.82) is 0 Å². The Hall–Kier alpha value is -0.120. The van der Waals surface area contributed by atoms with Crippen LogP contribution >= 0.6 is 0 Å². The average Bonchev–Trinajstić information content (AvgIpc) is 3.05. The summed E-state index contributed by atoms with van der Waals surface area (Å²) in [6.07, 6.45) is 5.07. The van der Waals surface area contributed by atoms with Crippen molar-refractivity contribution in [3.63, 3.8) is 0 Å². The molecule has 1 aliphatic rings. The summed E-state index contributed by atoms with van der Waals surface area (Å²) in [6.45, 7) is 7.55. The molecule has 0 radical (unpaired) electrons. The molecule has 1 fully saturated rings. The molecule has 0 aromatic heterocycles. The molecule has 0 aliphatic carbocycles. The van der Waals surface area contributed by atoms with E-state index in [1.807, 2.05) is 0 Å². The van der Waals surface area contributed by atoms with E-state index in [-0.39, 0.29) is 6.10 Å². The Kier molecular flexibility index (Phi) is 6.98. The van der Waals surface area contributed by atoms with Gasteiger partial charge in [0, 0.05) is 13.2 Å². The monoisotopic (exact) mass is 216 g/mol. The second-order valence-electron chi connectivity index (χ2n) is 4.06. The summed E-state index contributed by atoms with van der Waals surface area (Å²) in [4.78, 5) is 0. The second-order valence-corrected chi connectivity index (χ2v) is 4.06. The Morgan fingerprint density at radius 2 is 1.87 bits per heavy atom. The average molecular weight is 216 g/mol. The molecule has 15 heavy (non-hydrogen) atoms. The Labute approximate surface area is 93.1 Å². The van der Waals surface area contributed by atoms with Gasteiger partial charge in [-0.2, -0.15) is 0 Å². The summed E-state index contributed by atoms with van der Waals surface area (Å²) in [6, 6.07) is 0. The second kappa shape index (κ2) is 8.08. The fourth-order valence-electron chi connectivity index (χ4n) is 1.36. The maximum absolute atomic E-state index is 5.74. The molecule has 3 heteroatoms. The molecule has 0 aromatic rings. The van der Waals surface area contributed by atoms with Crippen LogP contribution in [0.15, 0.2) is 0 Å². The van der Waals surface area contributed by atoms with E-state index in [9.17, 15) is 0 Å². The van der Waals surface area contributed by atoms with Gasteiger partial charge in [0.25, 0.3) is 0 Å². The van der Waals surface area contributed by atoms with Crippen LogP contribution in [-0.4, -0.2) is 38.6 Å². The lowest BCUT2D eigenvalue weighted by atomic mass is 10.3. The number of epoxide rings is 1. The first kappa shape index (κ1) is 12.9. The van der Waals surface area contributed by atoms with Crippen LogP contribution in [0.4, 0.5) is 0 Å². The van der Waals surface area contributed by atoms with E-state index >= 15 is 0 Å². The van der Waals surface area contributed by atoms with Crippen LogP contribution in [0.2, 0.25) is 0 Å². The molecule has 0 amide bonds. The van der Waals surface area contributed by atoms with Crippen LogP contribution in [0.25, 0.3) is 0 Å². The lowest BCUT2D eigenvalue weighted by molar-refractivity contribution is -0.0307. The van der Waals surface area contributed by atoms with Gasteiger partial charge in [-0.25, -0.2) is 0 Å². The first-order chi connectivity index (χ1) is 7.38. The van der Waals surface area contributed by atoms with E-state index in [1.54, 1.807) is 0 Å². The number of hydrogen-bond donors (Lipinski definition) is 0. The molecule has 1 aliphatic heterocycles. The van der Waals surface area contributed by atoms with Crippen LogP contribution in [0, 0.1) is 0 Å². The highest BCUT2D eigenvalue weighted by Gasteiger charge is 2.33. The van der Waals surface area contributed by atoms with Gasteiger partial charge in [-0.15, -0.1) is 0 Å². The van der Waals surface area contributed by atoms with Crippen LogP contribution in [-0.2, 0) is 14.2 Å². The van der Waals surface area contributed by atoms with E-state index in [0.29, 0.717) is 12.7 Å². The van der Waals surface area contributed by atoms with Crippen LogP contribution in [0.1, 0.15) is 39.5 Å². The molecule has 0 bridgehead atoms. The minimum atomic E-state index is 0.161. The fraction of sp³-hybridized carbons (Fsp3) is 1.00. The van der Waals surface area contributed by atoms with E-state index in [1.165, 1.54) is 12.8 Å². The lowest BCUT2D eigenvalue weighted by Gasteiger charge is -2.15. The summed E-state index contributed by atoms with van der Waals surface area (Å²) in [5, 5.41) is 0. The molecule has 0 aromatic carbocycles. The minimum absolute atomic E-state index is 0.161. The van der Waals surface area contributed by atoms with Crippen molar-refractivity contribution in [3.8, 4) is 0 Å². The van der Waals surface area contributed by atoms with Gasteiger partial charge in [0.05, 0.1) is 13.2 Å². The summed E-state index contributed by atoms with van der Waals surface area (Å²) in [5.41, 5.74) is 0. The molecule has 0 N–H and O–H groups in total. The topological polar surface area (TPSA) is 31.0 Å². The standard InChI is InChI=1S/C12H24O3/c1-3-5-7-13-9-11(12-10-15-12)14-8-6-4-2/h11-12H,3-10H2,1-2H3/t11-,12+/m0/s1. The zero-order chi connectivity index (χ0) is 10.9. The molecule has 0 unspecified atom stereocenters. The number of unbranched alkanes of at least 4 members (excludes halogenated alkanes) is 2. The molecular weight excluding hydrogens is 192 g/mol. The van der Waals surface area contributed by atoms with E-state index < -0.39 is 0 Å². The lowest BCUT2D eigenvalue weighted by Crippen LogP contribution is -2.26. The fourth-order valence-corrected chi connectivity index (χ4v) is 1.36. The predicted molar refractivity (Wildman–Crippen MR) is 60.1 cm³/mol. The highest BCUT2D eigenvalue weighted by atomic mass is 16.6. The molecule has 1 rings (SSSR count). The molecular formula is C12H24O3. The number of hydrogen-bond acceptors (Lipinski definition) is 3. The smallest absolute Gasteiger partial charge is 0.109 e. The Balaban J connectivity index is 2.02. The van der Waals surface area contributed by atoms with E-state index in [0.717, 1.165) is 32.7 Å². The SMILES string of the molecule is CCCCOC[C@H](OCCCC)[C@H]1CO1. The van der Waals surface area contributed by atoms with Crippen LogP contribution in [0.5, 0.6) is 0 Å². The largest absolute Gasteiger partial charge is 0.379 e. The molecule has 2 atom stereocenters. The van der Waals surface area contributed by atoms with E-state index in [2.05, 4.69) is 13.8 Å². The summed E-state index contributed by atoms with van der Waals surface area (Å²) in [5.74, 6) is 0. The van der Waals surface area contributed by atoms with Crippen molar-refractivity contribution in [2.75, 3.05) is 26.4 Å². The molecule has 90 valence electrons. The third-order valence-electron chi connectivity index (χ3n) is 2.53. The molecule has 1 saturated heterocycles. The van der Waals surface area contributed by atoms with Crippen molar-refractivity contribution in [1.82, 2.24) is 0 Å². The summed E-state index contributed by atoms with van der Waals surface area (Å²) >= 11 is 0. The number of ether oxygens (including phenoxy) is 3. The molecule has 3 nitrogen and oxygen atoms in total. The van der Waals surface area contributed by atoms with E-state index in [4.69, 9.17) is 14.2 Å². The van der Waals surface area contributed by atoms with Gasteiger partial charge in [0.15, 0.2) is 0 Å². The zero-order valence-electron chi connectivity index (χ0n) is 10.0.